The molecular weight excluding hydrogens is 226 g/mol. The molecule has 0 saturated heterocycles. The van der Waals surface area contributed by atoms with Gasteiger partial charge in [0.15, 0.2) is 0 Å². The molecule has 1 aromatic heterocycles. The third-order valence-corrected chi connectivity index (χ3v) is 2.85. The molecule has 2 N–H and O–H groups in total. The summed E-state index contributed by atoms with van der Waals surface area (Å²) >= 11 is 0. The Morgan fingerprint density at radius 2 is 2.00 bits per heavy atom. The minimum absolute atomic E-state index is 0.543. The summed E-state index contributed by atoms with van der Waals surface area (Å²) in [5, 5.41) is 0. The van der Waals surface area contributed by atoms with Gasteiger partial charge in [-0.2, -0.15) is 0 Å². The van der Waals surface area contributed by atoms with Crippen LogP contribution < -0.4 is 15.4 Å². The van der Waals surface area contributed by atoms with Gasteiger partial charge in [0, 0.05) is 37.2 Å². The normalized spacial score (nSPS) is 10.2. The SMILES string of the molecule is COc1cc(N(C)c2cccc(CN)c2)ccn1. The van der Waals surface area contributed by atoms with E-state index in [2.05, 4.69) is 16.0 Å². The fourth-order valence-electron chi connectivity index (χ4n) is 1.76. The second kappa shape index (κ2) is 5.51. The molecule has 0 bridgehead atoms. The van der Waals surface area contributed by atoms with Crippen LogP contribution in [0.25, 0.3) is 0 Å². The van der Waals surface area contributed by atoms with Gasteiger partial charge in [0.05, 0.1) is 7.11 Å². The molecule has 0 unspecified atom stereocenters. The molecular formula is C14H17N3O. The van der Waals surface area contributed by atoms with E-state index in [0.29, 0.717) is 12.4 Å². The topological polar surface area (TPSA) is 51.4 Å². The van der Waals surface area contributed by atoms with Gasteiger partial charge >= 0.3 is 0 Å². The second-order valence-corrected chi connectivity index (χ2v) is 3.99. The van der Waals surface area contributed by atoms with Gasteiger partial charge in [0.25, 0.3) is 0 Å². The standard InChI is InChI=1S/C14H17N3O/c1-17(12-5-3-4-11(8-12)10-15)13-6-7-16-14(9-13)18-2/h3-9H,10,15H2,1-2H3. The molecule has 0 amide bonds. The Morgan fingerprint density at radius 1 is 1.22 bits per heavy atom. The maximum absolute atomic E-state index is 5.65. The van der Waals surface area contributed by atoms with Crippen molar-refractivity contribution in [2.45, 2.75) is 6.54 Å². The average molecular weight is 243 g/mol. The van der Waals surface area contributed by atoms with Crippen molar-refractivity contribution in [1.29, 1.82) is 0 Å². The van der Waals surface area contributed by atoms with Crippen LogP contribution >= 0.6 is 0 Å². The number of nitrogens with zero attached hydrogens (tertiary/aromatic N) is 2. The number of hydrogen-bond acceptors (Lipinski definition) is 4. The zero-order valence-electron chi connectivity index (χ0n) is 10.6. The van der Waals surface area contributed by atoms with Gasteiger partial charge in [0.2, 0.25) is 5.88 Å². The molecule has 2 aromatic rings. The Hall–Kier alpha value is -2.07. The highest BCUT2D eigenvalue weighted by Gasteiger charge is 2.05. The minimum Gasteiger partial charge on any atom is -0.481 e. The quantitative estimate of drug-likeness (QED) is 0.895. The number of rotatable bonds is 4. The lowest BCUT2D eigenvalue weighted by atomic mass is 10.2. The van der Waals surface area contributed by atoms with Crippen molar-refractivity contribution < 1.29 is 4.74 Å². The van der Waals surface area contributed by atoms with E-state index in [0.717, 1.165) is 16.9 Å². The molecule has 1 aromatic carbocycles. The number of methoxy groups -OCH3 is 1. The fraction of sp³-hybridized carbons (Fsp3) is 0.214. The molecule has 2 rings (SSSR count). The highest BCUT2D eigenvalue weighted by atomic mass is 16.5. The van der Waals surface area contributed by atoms with Gasteiger partial charge in [0.1, 0.15) is 0 Å². The lowest BCUT2D eigenvalue weighted by Gasteiger charge is -2.20. The third kappa shape index (κ3) is 2.60. The fourth-order valence-corrected chi connectivity index (χ4v) is 1.76. The van der Waals surface area contributed by atoms with Crippen molar-refractivity contribution in [1.82, 2.24) is 4.98 Å². The monoisotopic (exact) mass is 243 g/mol. The molecule has 4 nitrogen and oxygen atoms in total. The minimum atomic E-state index is 0.543. The summed E-state index contributed by atoms with van der Waals surface area (Å²) in [4.78, 5) is 6.17. The Balaban J connectivity index is 2.31. The summed E-state index contributed by atoms with van der Waals surface area (Å²) in [6.45, 7) is 0.543. The van der Waals surface area contributed by atoms with Crippen molar-refractivity contribution in [3.05, 3.63) is 48.2 Å². The maximum Gasteiger partial charge on any atom is 0.214 e. The first kappa shape index (κ1) is 12.4. The summed E-state index contributed by atoms with van der Waals surface area (Å²) in [6, 6.07) is 12.0. The Kier molecular flexibility index (Phi) is 3.79. The van der Waals surface area contributed by atoms with Gasteiger partial charge in [-0.15, -0.1) is 0 Å². The summed E-state index contributed by atoms with van der Waals surface area (Å²) in [6.07, 6.45) is 1.73. The molecule has 0 aliphatic rings. The first-order chi connectivity index (χ1) is 8.74. The van der Waals surface area contributed by atoms with E-state index >= 15 is 0 Å². The van der Waals surface area contributed by atoms with Gasteiger partial charge in [-0.1, -0.05) is 12.1 Å². The molecule has 94 valence electrons. The molecule has 1 heterocycles. The number of hydrogen-bond donors (Lipinski definition) is 1. The molecule has 0 radical (unpaired) electrons. The zero-order chi connectivity index (χ0) is 13.0. The number of nitrogens with two attached hydrogens (primary N) is 1. The Morgan fingerprint density at radius 3 is 2.72 bits per heavy atom. The molecule has 0 fully saturated rings. The van der Waals surface area contributed by atoms with Crippen LogP contribution in [-0.4, -0.2) is 19.1 Å². The van der Waals surface area contributed by atoms with Crippen molar-refractivity contribution >= 4 is 11.4 Å². The number of benzene rings is 1. The van der Waals surface area contributed by atoms with Crippen LogP contribution in [0.3, 0.4) is 0 Å². The van der Waals surface area contributed by atoms with Crippen LogP contribution in [0.15, 0.2) is 42.6 Å². The Labute approximate surface area is 107 Å². The van der Waals surface area contributed by atoms with Gasteiger partial charge in [-0.25, -0.2) is 4.98 Å². The summed E-state index contributed by atoms with van der Waals surface area (Å²) < 4.78 is 5.13. The third-order valence-electron chi connectivity index (χ3n) is 2.85. The van der Waals surface area contributed by atoms with Crippen molar-refractivity contribution in [2.24, 2.45) is 5.73 Å². The smallest absolute Gasteiger partial charge is 0.214 e. The first-order valence-corrected chi connectivity index (χ1v) is 5.77. The molecule has 0 aliphatic carbocycles. The lowest BCUT2D eigenvalue weighted by Crippen LogP contribution is -2.10. The number of pyridine rings is 1. The molecule has 4 heteroatoms. The average Bonchev–Trinajstić information content (AvgIpc) is 2.46. The van der Waals surface area contributed by atoms with Gasteiger partial charge < -0.3 is 15.4 Å². The largest absolute Gasteiger partial charge is 0.481 e. The van der Waals surface area contributed by atoms with Crippen LogP contribution in [0.1, 0.15) is 5.56 Å². The van der Waals surface area contributed by atoms with E-state index in [9.17, 15) is 0 Å². The highest BCUT2D eigenvalue weighted by molar-refractivity contribution is 5.63. The lowest BCUT2D eigenvalue weighted by molar-refractivity contribution is 0.398. The first-order valence-electron chi connectivity index (χ1n) is 5.77. The van der Waals surface area contributed by atoms with Gasteiger partial charge in [-0.3, -0.25) is 0 Å². The van der Waals surface area contributed by atoms with E-state index < -0.39 is 0 Å². The second-order valence-electron chi connectivity index (χ2n) is 3.99. The molecule has 18 heavy (non-hydrogen) atoms. The van der Waals surface area contributed by atoms with Crippen molar-refractivity contribution in [3.63, 3.8) is 0 Å². The predicted molar refractivity (Wildman–Crippen MR) is 73.2 cm³/mol. The predicted octanol–water partition coefficient (Wildman–Crippen LogP) is 2.32. The van der Waals surface area contributed by atoms with Crippen LogP contribution in [-0.2, 0) is 6.54 Å². The number of ether oxygens (including phenoxy) is 1. The van der Waals surface area contributed by atoms with Gasteiger partial charge in [-0.05, 0) is 23.8 Å². The van der Waals surface area contributed by atoms with Crippen molar-refractivity contribution in [2.75, 3.05) is 19.1 Å². The van der Waals surface area contributed by atoms with E-state index in [-0.39, 0.29) is 0 Å². The molecule has 0 saturated carbocycles. The van der Waals surface area contributed by atoms with Crippen LogP contribution in [0.5, 0.6) is 5.88 Å². The summed E-state index contributed by atoms with van der Waals surface area (Å²) in [5.41, 5.74) is 8.88. The van der Waals surface area contributed by atoms with Crippen LogP contribution in [0.4, 0.5) is 11.4 Å². The molecule has 0 atom stereocenters. The number of anilines is 2. The van der Waals surface area contributed by atoms with E-state index in [1.807, 2.05) is 37.4 Å². The van der Waals surface area contributed by atoms with E-state index in [1.54, 1.807) is 13.3 Å². The molecule has 0 aliphatic heterocycles. The Bertz CT molecular complexity index is 480. The van der Waals surface area contributed by atoms with Crippen molar-refractivity contribution in [3.8, 4) is 5.88 Å². The highest BCUT2D eigenvalue weighted by Crippen LogP contribution is 2.25. The van der Waals surface area contributed by atoms with Crippen LogP contribution in [0, 0.1) is 0 Å². The maximum atomic E-state index is 5.65. The van der Waals surface area contributed by atoms with Crippen LogP contribution in [0.2, 0.25) is 0 Å². The van der Waals surface area contributed by atoms with E-state index in [1.165, 1.54) is 0 Å². The zero-order valence-corrected chi connectivity index (χ0v) is 10.6. The summed E-state index contributed by atoms with van der Waals surface area (Å²) in [5.74, 6) is 0.606. The summed E-state index contributed by atoms with van der Waals surface area (Å²) in [7, 11) is 3.62. The molecule has 0 spiro atoms. The number of aromatic nitrogens is 1. The van der Waals surface area contributed by atoms with E-state index in [4.69, 9.17) is 10.5 Å².